The summed E-state index contributed by atoms with van der Waals surface area (Å²) in [4.78, 5) is 12.9. The molecule has 88 valence electrons. The average molecular weight is 261 g/mol. The van der Waals surface area contributed by atoms with E-state index in [0.29, 0.717) is 23.0 Å². The lowest BCUT2D eigenvalue weighted by atomic mass is 10.3. The van der Waals surface area contributed by atoms with Crippen LogP contribution >= 0.6 is 23.2 Å². The summed E-state index contributed by atoms with van der Waals surface area (Å²) >= 11 is 11.6. The monoisotopic (exact) mass is 260 g/mol. The lowest BCUT2D eigenvalue weighted by Crippen LogP contribution is -2.23. The van der Waals surface area contributed by atoms with Gasteiger partial charge in [-0.25, -0.2) is 0 Å². The number of halogens is 2. The van der Waals surface area contributed by atoms with Crippen LogP contribution in [0.2, 0.25) is 10.0 Å². The van der Waals surface area contributed by atoms with E-state index in [1.165, 1.54) is 0 Å². The molecular weight excluding hydrogens is 247 g/mol. The Labute approximate surface area is 105 Å². The molecular formula is C11H14Cl2N2O. The summed E-state index contributed by atoms with van der Waals surface area (Å²) in [6, 6.07) is 5.29. The molecule has 0 aliphatic carbocycles. The predicted molar refractivity (Wildman–Crippen MR) is 68.3 cm³/mol. The zero-order valence-electron chi connectivity index (χ0n) is 9.26. The number of anilines is 1. The maximum absolute atomic E-state index is 11.3. The predicted octanol–water partition coefficient (Wildman–Crippen LogP) is 2.88. The van der Waals surface area contributed by atoms with E-state index >= 15 is 0 Å². The van der Waals surface area contributed by atoms with Gasteiger partial charge in [0.2, 0.25) is 5.91 Å². The minimum Gasteiger partial charge on any atom is -0.384 e. The van der Waals surface area contributed by atoms with Crippen LogP contribution in [0.3, 0.4) is 0 Å². The largest absolute Gasteiger partial charge is 0.384 e. The van der Waals surface area contributed by atoms with Crippen LogP contribution in [0.15, 0.2) is 18.2 Å². The third-order valence-corrected chi connectivity index (χ3v) is 2.83. The fourth-order valence-electron chi connectivity index (χ4n) is 1.14. The molecule has 0 aliphatic heterocycles. The zero-order chi connectivity index (χ0) is 12.1. The van der Waals surface area contributed by atoms with Crippen molar-refractivity contribution in [3.63, 3.8) is 0 Å². The quantitative estimate of drug-likeness (QED) is 0.903. The number of nitrogens with zero attached hydrogens (tertiary/aromatic N) is 1. The number of benzene rings is 1. The van der Waals surface area contributed by atoms with E-state index in [1.54, 1.807) is 31.1 Å². The molecule has 3 nitrogen and oxygen atoms in total. The molecule has 0 heterocycles. The number of carbonyl (C=O) groups is 1. The van der Waals surface area contributed by atoms with Crippen molar-refractivity contribution < 1.29 is 4.79 Å². The van der Waals surface area contributed by atoms with E-state index in [9.17, 15) is 4.79 Å². The third kappa shape index (κ3) is 3.91. The topological polar surface area (TPSA) is 32.3 Å². The molecule has 1 aromatic carbocycles. The number of nitrogens with one attached hydrogen (secondary N) is 1. The second-order valence-electron chi connectivity index (χ2n) is 3.59. The molecule has 0 unspecified atom stereocenters. The van der Waals surface area contributed by atoms with Crippen molar-refractivity contribution in [1.82, 2.24) is 4.90 Å². The maximum Gasteiger partial charge on any atom is 0.223 e. The van der Waals surface area contributed by atoms with Crippen LogP contribution in [-0.2, 0) is 4.79 Å². The van der Waals surface area contributed by atoms with Gasteiger partial charge in [-0.3, -0.25) is 4.79 Å². The van der Waals surface area contributed by atoms with E-state index in [2.05, 4.69) is 5.32 Å². The highest BCUT2D eigenvalue weighted by Gasteiger charge is 2.03. The van der Waals surface area contributed by atoms with Gasteiger partial charge >= 0.3 is 0 Å². The minimum absolute atomic E-state index is 0.0903. The lowest BCUT2D eigenvalue weighted by Gasteiger charge is -2.11. The Morgan fingerprint density at radius 2 is 2.00 bits per heavy atom. The van der Waals surface area contributed by atoms with Gasteiger partial charge in [0.15, 0.2) is 0 Å². The van der Waals surface area contributed by atoms with Crippen LogP contribution in [0, 0.1) is 0 Å². The van der Waals surface area contributed by atoms with E-state index < -0.39 is 0 Å². The van der Waals surface area contributed by atoms with Gasteiger partial charge in [0, 0.05) is 32.7 Å². The third-order valence-electron chi connectivity index (χ3n) is 2.09. The first-order valence-electron chi connectivity index (χ1n) is 4.90. The summed E-state index contributed by atoms with van der Waals surface area (Å²) in [6.45, 7) is 0.578. The molecule has 0 aromatic heterocycles. The molecule has 0 spiro atoms. The number of hydrogen-bond donors (Lipinski definition) is 1. The smallest absolute Gasteiger partial charge is 0.223 e. The molecule has 1 N–H and O–H groups in total. The zero-order valence-corrected chi connectivity index (χ0v) is 10.8. The van der Waals surface area contributed by atoms with Gasteiger partial charge in [-0.1, -0.05) is 23.2 Å². The Morgan fingerprint density at radius 1 is 1.31 bits per heavy atom. The standard InChI is InChI=1S/C11H14Cl2N2O/c1-15(2)11(16)5-6-14-8-3-4-9(12)10(13)7-8/h3-4,7,14H,5-6H2,1-2H3. The van der Waals surface area contributed by atoms with Crippen molar-refractivity contribution in [3.8, 4) is 0 Å². The number of carbonyl (C=O) groups excluding carboxylic acids is 1. The van der Waals surface area contributed by atoms with Crippen LogP contribution in [0.25, 0.3) is 0 Å². The first kappa shape index (κ1) is 13.1. The minimum atomic E-state index is 0.0903. The lowest BCUT2D eigenvalue weighted by molar-refractivity contribution is -0.128. The molecule has 0 radical (unpaired) electrons. The highest BCUT2D eigenvalue weighted by molar-refractivity contribution is 6.42. The van der Waals surface area contributed by atoms with Crippen LogP contribution < -0.4 is 5.32 Å². The van der Waals surface area contributed by atoms with Gasteiger partial charge in [-0.2, -0.15) is 0 Å². The summed E-state index contributed by atoms with van der Waals surface area (Å²) in [5, 5.41) is 4.14. The molecule has 1 rings (SSSR count). The fraction of sp³-hybridized carbons (Fsp3) is 0.364. The van der Waals surface area contributed by atoms with Gasteiger partial charge in [-0.15, -0.1) is 0 Å². The Kier molecular flexibility index (Phi) is 4.90. The highest BCUT2D eigenvalue weighted by atomic mass is 35.5. The molecule has 0 bridgehead atoms. The molecule has 0 aliphatic rings. The molecule has 5 heteroatoms. The van der Waals surface area contributed by atoms with Crippen molar-refractivity contribution in [2.75, 3.05) is 26.0 Å². The Bertz CT molecular complexity index is 380. The number of hydrogen-bond acceptors (Lipinski definition) is 2. The second kappa shape index (κ2) is 5.97. The van der Waals surface area contributed by atoms with Gasteiger partial charge in [0.25, 0.3) is 0 Å². The van der Waals surface area contributed by atoms with Gasteiger partial charge in [0.1, 0.15) is 0 Å². The molecule has 0 saturated heterocycles. The first-order chi connectivity index (χ1) is 7.50. The fourth-order valence-corrected chi connectivity index (χ4v) is 1.44. The summed E-state index contributed by atoms with van der Waals surface area (Å²) < 4.78 is 0. The Morgan fingerprint density at radius 3 is 2.56 bits per heavy atom. The van der Waals surface area contributed by atoms with Crippen molar-refractivity contribution >= 4 is 34.8 Å². The molecule has 1 aromatic rings. The van der Waals surface area contributed by atoms with Crippen LogP contribution in [0.5, 0.6) is 0 Å². The van der Waals surface area contributed by atoms with Crippen LogP contribution in [-0.4, -0.2) is 31.4 Å². The summed E-state index contributed by atoms with van der Waals surface area (Å²) in [7, 11) is 3.48. The summed E-state index contributed by atoms with van der Waals surface area (Å²) in [6.07, 6.45) is 0.452. The number of amides is 1. The highest BCUT2D eigenvalue weighted by Crippen LogP contribution is 2.24. The van der Waals surface area contributed by atoms with E-state index in [0.717, 1.165) is 5.69 Å². The normalized spacial score (nSPS) is 10.0. The molecule has 16 heavy (non-hydrogen) atoms. The van der Waals surface area contributed by atoms with Crippen molar-refractivity contribution in [2.45, 2.75) is 6.42 Å². The van der Waals surface area contributed by atoms with Gasteiger partial charge in [-0.05, 0) is 18.2 Å². The van der Waals surface area contributed by atoms with Crippen molar-refractivity contribution in [2.24, 2.45) is 0 Å². The van der Waals surface area contributed by atoms with Gasteiger partial charge in [0.05, 0.1) is 10.0 Å². The molecule has 0 fully saturated rings. The van der Waals surface area contributed by atoms with Crippen molar-refractivity contribution in [1.29, 1.82) is 0 Å². The molecule has 1 amide bonds. The average Bonchev–Trinajstić information content (AvgIpc) is 2.23. The van der Waals surface area contributed by atoms with Crippen LogP contribution in [0.1, 0.15) is 6.42 Å². The second-order valence-corrected chi connectivity index (χ2v) is 4.41. The Hall–Kier alpha value is -0.930. The van der Waals surface area contributed by atoms with Crippen LogP contribution in [0.4, 0.5) is 5.69 Å². The first-order valence-corrected chi connectivity index (χ1v) is 5.65. The van der Waals surface area contributed by atoms with Crippen molar-refractivity contribution in [3.05, 3.63) is 28.2 Å². The van der Waals surface area contributed by atoms with Gasteiger partial charge < -0.3 is 10.2 Å². The summed E-state index contributed by atoms with van der Waals surface area (Å²) in [5.74, 6) is 0.0903. The molecule has 0 atom stereocenters. The number of rotatable bonds is 4. The summed E-state index contributed by atoms with van der Waals surface area (Å²) in [5.41, 5.74) is 0.862. The Balaban J connectivity index is 2.43. The van der Waals surface area contributed by atoms with E-state index in [4.69, 9.17) is 23.2 Å². The molecule has 0 saturated carbocycles. The SMILES string of the molecule is CN(C)C(=O)CCNc1ccc(Cl)c(Cl)c1. The maximum atomic E-state index is 11.3. The van der Waals surface area contributed by atoms with E-state index in [1.807, 2.05) is 6.07 Å². The van der Waals surface area contributed by atoms with E-state index in [-0.39, 0.29) is 5.91 Å².